The third-order valence-corrected chi connectivity index (χ3v) is 0.670. The van der Waals surface area contributed by atoms with Crippen molar-refractivity contribution in [3.8, 4) is 0 Å². The van der Waals surface area contributed by atoms with Crippen molar-refractivity contribution < 1.29 is 13.5 Å². The molecule has 0 aromatic rings. The van der Waals surface area contributed by atoms with Crippen LogP contribution in [0.5, 0.6) is 0 Å². The summed E-state index contributed by atoms with van der Waals surface area (Å²) in [5.74, 6) is 0.163. The van der Waals surface area contributed by atoms with Gasteiger partial charge >= 0.3 is 6.11 Å². The van der Waals surface area contributed by atoms with Gasteiger partial charge in [-0.3, -0.25) is 0 Å². The Morgan fingerprint density at radius 1 is 1.44 bits per heavy atom. The van der Waals surface area contributed by atoms with Crippen LogP contribution in [0.3, 0.4) is 0 Å². The highest BCUT2D eigenvalue weighted by atomic mass is 19.3. The number of ether oxygens (including phenoxy) is 1. The van der Waals surface area contributed by atoms with Crippen LogP contribution in [-0.4, -0.2) is 12.7 Å². The smallest absolute Gasteiger partial charge is 0.320 e. The van der Waals surface area contributed by atoms with E-state index in [1.807, 2.05) is 13.8 Å². The molecule has 0 unspecified atom stereocenters. The van der Waals surface area contributed by atoms with E-state index in [0.717, 1.165) is 6.92 Å². The molecule has 0 radical (unpaired) electrons. The second kappa shape index (κ2) is 3.11. The van der Waals surface area contributed by atoms with E-state index in [-0.39, 0.29) is 12.5 Å². The average molecular weight is 138 g/mol. The highest BCUT2D eigenvalue weighted by Crippen LogP contribution is 2.14. The minimum absolute atomic E-state index is 0.115. The van der Waals surface area contributed by atoms with Gasteiger partial charge in [-0.2, -0.15) is 8.78 Å². The fourth-order valence-corrected chi connectivity index (χ4v) is 0.313. The van der Waals surface area contributed by atoms with E-state index in [2.05, 4.69) is 4.74 Å². The minimum atomic E-state index is -2.97. The van der Waals surface area contributed by atoms with E-state index in [4.69, 9.17) is 0 Å². The Morgan fingerprint density at radius 2 is 1.89 bits per heavy atom. The number of rotatable bonds is 3. The minimum Gasteiger partial charge on any atom is -0.320 e. The van der Waals surface area contributed by atoms with Crippen molar-refractivity contribution in [2.45, 2.75) is 26.9 Å². The van der Waals surface area contributed by atoms with E-state index in [9.17, 15) is 8.78 Å². The van der Waals surface area contributed by atoms with Gasteiger partial charge in [-0.15, -0.1) is 0 Å². The number of hydrogen-bond acceptors (Lipinski definition) is 1. The monoisotopic (exact) mass is 138 g/mol. The molecule has 0 aliphatic rings. The molecule has 0 fully saturated rings. The Balaban J connectivity index is 3.28. The second-order valence-corrected chi connectivity index (χ2v) is 2.51. The zero-order valence-electron chi connectivity index (χ0n) is 5.95. The molecule has 0 aliphatic heterocycles. The van der Waals surface area contributed by atoms with E-state index >= 15 is 0 Å². The van der Waals surface area contributed by atoms with E-state index in [0.29, 0.717) is 0 Å². The first-order chi connectivity index (χ1) is 3.92. The molecule has 0 amide bonds. The first kappa shape index (κ1) is 8.82. The summed E-state index contributed by atoms with van der Waals surface area (Å²) in [6.07, 6.45) is -2.97. The van der Waals surface area contributed by atoms with Crippen molar-refractivity contribution in [1.29, 1.82) is 0 Å². The van der Waals surface area contributed by atoms with Crippen LogP contribution < -0.4 is 0 Å². The van der Waals surface area contributed by atoms with Crippen molar-refractivity contribution in [3.63, 3.8) is 0 Å². The molecule has 0 bridgehead atoms. The Hall–Kier alpha value is -0.180. The molecule has 0 spiro atoms. The maximum absolute atomic E-state index is 11.9. The predicted molar refractivity (Wildman–Crippen MR) is 31.4 cm³/mol. The third-order valence-electron chi connectivity index (χ3n) is 0.670. The molecular weight excluding hydrogens is 126 g/mol. The van der Waals surface area contributed by atoms with Crippen LogP contribution in [0.1, 0.15) is 20.8 Å². The molecule has 56 valence electrons. The predicted octanol–water partition coefficient (Wildman–Crippen LogP) is 2.27. The van der Waals surface area contributed by atoms with Crippen molar-refractivity contribution in [2.75, 3.05) is 6.61 Å². The molecule has 0 aliphatic carbocycles. The van der Waals surface area contributed by atoms with Crippen LogP contribution in [0, 0.1) is 5.92 Å². The van der Waals surface area contributed by atoms with Crippen LogP contribution in [-0.2, 0) is 4.74 Å². The molecule has 0 saturated carbocycles. The highest BCUT2D eigenvalue weighted by Gasteiger charge is 2.21. The van der Waals surface area contributed by atoms with Gasteiger partial charge in [0.1, 0.15) is 0 Å². The first-order valence-electron chi connectivity index (χ1n) is 2.93. The van der Waals surface area contributed by atoms with Crippen LogP contribution in [0.4, 0.5) is 8.78 Å². The molecule has 0 saturated heterocycles. The number of alkyl halides is 2. The van der Waals surface area contributed by atoms with Gasteiger partial charge in [0.25, 0.3) is 0 Å². The average Bonchev–Trinajstić information content (AvgIpc) is 1.59. The molecule has 3 heteroatoms. The van der Waals surface area contributed by atoms with Crippen LogP contribution in [0.25, 0.3) is 0 Å². The lowest BCUT2D eigenvalue weighted by Gasteiger charge is -2.12. The molecule has 0 aromatic carbocycles. The zero-order valence-corrected chi connectivity index (χ0v) is 5.95. The molecule has 0 rings (SSSR count). The second-order valence-electron chi connectivity index (χ2n) is 2.51. The van der Waals surface area contributed by atoms with Crippen LogP contribution >= 0.6 is 0 Å². The molecular formula is C6H12F2O. The SMILES string of the molecule is CC(C)COC(C)(F)F. The van der Waals surface area contributed by atoms with Crippen molar-refractivity contribution in [3.05, 3.63) is 0 Å². The summed E-state index contributed by atoms with van der Waals surface area (Å²) in [6.45, 7) is 4.51. The molecule has 9 heavy (non-hydrogen) atoms. The summed E-state index contributed by atoms with van der Waals surface area (Å²) in [5.41, 5.74) is 0. The lowest BCUT2D eigenvalue weighted by atomic mass is 10.2. The first-order valence-corrected chi connectivity index (χ1v) is 2.93. The van der Waals surface area contributed by atoms with Crippen LogP contribution in [0.15, 0.2) is 0 Å². The van der Waals surface area contributed by atoms with E-state index in [1.54, 1.807) is 0 Å². The van der Waals surface area contributed by atoms with Gasteiger partial charge < -0.3 is 4.74 Å². The molecule has 0 heterocycles. The highest BCUT2D eigenvalue weighted by molar-refractivity contribution is 4.43. The fourth-order valence-electron chi connectivity index (χ4n) is 0.313. The quantitative estimate of drug-likeness (QED) is 0.581. The summed E-state index contributed by atoms with van der Waals surface area (Å²) < 4.78 is 27.9. The lowest BCUT2D eigenvalue weighted by molar-refractivity contribution is -0.228. The zero-order chi connectivity index (χ0) is 7.49. The van der Waals surface area contributed by atoms with Crippen molar-refractivity contribution >= 4 is 0 Å². The van der Waals surface area contributed by atoms with Gasteiger partial charge in [0.2, 0.25) is 0 Å². The number of hydrogen-bond donors (Lipinski definition) is 0. The summed E-state index contributed by atoms with van der Waals surface area (Å²) in [5, 5.41) is 0. The van der Waals surface area contributed by atoms with Gasteiger partial charge in [-0.05, 0) is 5.92 Å². The maximum atomic E-state index is 11.9. The maximum Gasteiger partial charge on any atom is 0.352 e. The largest absolute Gasteiger partial charge is 0.352 e. The molecule has 0 atom stereocenters. The van der Waals surface area contributed by atoms with Gasteiger partial charge in [-0.1, -0.05) is 13.8 Å². The summed E-state index contributed by atoms with van der Waals surface area (Å²) in [4.78, 5) is 0. The summed E-state index contributed by atoms with van der Waals surface area (Å²) in [7, 11) is 0. The number of halogens is 2. The van der Waals surface area contributed by atoms with Gasteiger partial charge in [0, 0.05) is 6.92 Å². The Morgan fingerprint density at radius 3 is 2.00 bits per heavy atom. The molecule has 0 N–H and O–H groups in total. The fraction of sp³-hybridized carbons (Fsp3) is 1.00. The molecule has 1 nitrogen and oxygen atoms in total. The van der Waals surface area contributed by atoms with E-state index in [1.165, 1.54) is 0 Å². The van der Waals surface area contributed by atoms with Crippen molar-refractivity contribution in [1.82, 2.24) is 0 Å². The van der Waals surface area contributed by atoms with E-state index < -0.39 is 6.11 Å². The summed E-state index contributed by atoms with van der Waals surface area (Å²) >= 11 is 0. The third kappa shape index (κ3) is 7.82. The van der Waals surface area contributed by atoms with Gasteiger partial charge in [0.15, 0.2) is 0 Å². The Labute approximate surface area is 54.0 Å². The lowest BCUT2D eigenvalue weighted by Crippen LogP contribution is -2.18. The topological polar surface area (TPSA) is 9.23 Å². The van der Waals surface area contributed by atoms with Gasteiger partial charge in [-0.25, -0.2) is 0 Å². The Kier molecular flexibility index (Phi) is 3.04. The van der Waals surface area contributed by atoms with Crippen molar-refractivity contribution in [2.24, 2.45) is 5.92 Å². The summed E-state index contributed by atoms with van der Waals surface area (Å²) in [6, 6.07) is 0. The van der Waals surface area contributed by atoms with Gasteiger partial charge in [0.05, 0.1) is 6.61 Å². The standard InChI is InChI=1S/C6H12F2O/c1-5(2)4-9-6(3,7)8/h5H,4H2,1-3H3. The molecule has 0 aromatic heterocycles. The Bertz CT molecular complexity index is 75.6. The van der Waals surface area contributed by atoms with Crippen LogP contribution in [0.2, 0.25) is 0 Å². The normalized spacial score (nSPS) is 12.7.